The lowest BCUT2D eigenvalue weighted by molar-refractivity contribution is 0.102. The standard InChI is InChI=1S/C21H20FN3O3S2/c22-16-6-8-17(9-7-16)23-21(26)20-19(10-15-29-20)30(27,28)25-13-11-24(12-14-25)18-4-2-1-3-5-18/h1-10,15H,11-14H2,(H,23,26). The van der Waals surface area contributed by atoms with Crippen molar-refractivity contribution in [2.75, 3.05) is 36.4 Å². The summed E-state index contributed by atoms with van der Waals surface area (Å²) in [5.74, 6) is -0.944. The zero-order valence-corrected chi connectivity index (χ0v) is 17.6. The lowest BCUT2D eigenvalue weighted by Gasteiger charge is -2.35. The van der Waals surface area contributed by atoms with E-state index in [2.05, 4.69) is 10.2 Å². The number of hydrogen-bond donors (Lipinski definition) is 1. The molecule has 0 spiro atoms. The second-order valence-electron chi connectivity index (χ2n) is 6.80. The molecule has 0 unspecified atom stereocenters. The summed E-state index contributed by atoms with van der Waals surface area (Å²) in [7, 11) is -3.80. The minimum absolute atomic E-state index is 0.000253. The molecule has 2 aromatic carbocycles. The average Bonchev–Trinajstić information content (AvgIpc) is 3.27. The Morgan fingerprint density at radius 3 is 2.27 bits per heavy atom. The van der Waals surface area contributed by atoms with Crippen molar-refractivity contribution in [1.29, 1.82) is 0 Å². The molecule has 0 saturated carbocycles. The Morgan fingerprint density at radius 1 is 0.933 bits per heavy atom. The molecule has 156 valence electrons. The summed E-state index contributed by atoms with van der Waals surface area (Å²) in [5, 5.41) is 4.22. The van der Waals surface area contributed by atoms with E-state index in [0.29, 0.717) is 31.9 Å². The summed E-state index contributed by atoms with van der Waals surface area (Å²) in [5.41, 5.74) is 1.46. The van der Waals surface area contributed by atoms with Crippen LogP contribution in [0.2, 0.25) is 0 Å². The van der Waals surface area contributed by atoms with Crippen molar-refractivity contribution in [1.82, 2.24) is 4.31 Å². The molecule has 0 radical (unpaired) electrons. The van der Waals surface area contributed by atoms with Gasteiger partial charge in [0.05, 0.1) is 0 Å². The van der Waals surface area contributed by atoms with Crippen LogP contribution in [0.3, 0.4) is 0 Å². The molecule has 9 heteroatoms. The first-order valence-corrected chi connectivity index (χ1v) is 11.7. The van der Waals surface area contributed by atoms with E-state index >= 15 is 0 Å². The Kier molecular flexibility index (Phi) is 5.85. The zero-order chi connectivity index (χ0) is 21.1. The molecule has 30 heavy (non-hydrogen) atoms. The van der Waals surface area contributed by atoms with Crippen LogP contribution in [0, 0.1) is 5.82 Å². The van der Waals surface area contributed by atoms with E-state index in [4.69, 9.17) is 0 Å². The van der Waals surface area contributed by atoms with Gasteiger partial charge in [0.25, 0.3) is 5.91 Å². The fourth-order valence-corrected chi connectivity index (χ4v) is 6.07. The molecule has 2 heterocycles. The Balaban J connectivity index is 1.48. The summed E-state index contributed by atoms with van der Waals surface area (Å²) in [6.45, 7) is 1.83. The van der Waals surface area contributed by atoms with Crippen LogP contribution >= 0.6 is 11.3 Å². The molecule has 6 nitrogen and oxygen atoms in total. The van der Waals surface area contributed by atoms with Gasteiger partial charge in [-0.2, -0.15) is 4.31 Å². The monoisotopic (exact) mass is 445 g/mol. The highest BCUT2D eigenvalue weighted by Gasteiger charge is 2.32. The molecule has 1 N–H and O–H groups in total. The van der Waals surface area contributed by atoms with Crippen LogP contribution in [0.15, 0.2) is 70.9 Å². The predicted octanol–water partition coefficient (Wildman–Crippen LogP) is 3.65. The van der Waals surface area contributed by atoms with Gasteiger partial charge in [0.1, 0.15) is 15.6 Å². The van der Waals surface area contributed by atoms with Gasteiger partial charge < -0.3 is 10.2 Å². The minimum atomic E-state index is -3.80. The summed E-state index contributed by atoms with van der Waals surface area (Å²) in [4.78, 5) is 14.9. The highest BCUT2D eigenvalue weighted by molar-refractivity contribution is 7.89. The van der Waals surface area contributed by atoms with Gasteiger partial charge in [-0.15, -0.1) is 11.3 Å². The normalized spacial score (nSPS) is 15.2. The van der Waals surface area contributed by atoms with Crippen LogP contribution in [0.4, 0.5) is 15.8 Å². The second-order valence-corrected chi connectivity index (χ2v) is 9.62. The van der Waals surface area contributed by atoms with E-state index in [1.54, 1.807) is 5.38 Å². The number of carbonyl (C=O) groups is 1. The third kappa shape index (κ3) is 4.23. The first kappa shape index (κ1) is 20.5. The highest BCUT2D eigenvalue weighted by atomic mass is 32.2. The molecule has 1 aromatic heterocycles. The van der Waals surface area contributed by atoms with Crippen LogP contribution in [0.1, 0.15) is 9.67 Å². The number of rotatable bonds is 5. The number of nitrogens with one attached hydrogen (secondary N) is 1. The number of hydrogen-bond acceptors (Lipinski definition) is 5. The molecule has 1 aliphatic heterocycles. The molecule has 4 rings (SSSR count). The molecule has 0 bridgehead atoms. The number of anilines is 2. The SMILES string of the molecule is O=C(Nc1ccc(F)cc1)c1sccc1S(=O)(=O)N1CCN(c2ccccc2)CC1. The summed E-state index contributed by atoms with van der Waals surface area (Å²) in [6.07, 6.45) is 0. The van der Waals surface area contributed by atoms with E-state index in [-0.39, 0.29) is 9.77 Å². The van der Waals surface area contributed by atoms with Crippen molar-refractivity contribution in [3.63, 3.8) is 0 Å². The van der Waals surface area contributed by atoms with E-state index < -0.39 is 21.7 Å². The zero-order valence-electron chi connectivity index (χ0n) is 16.0. The third-order valence-corrected chi connectivity index (χ3v) is 7.90. The fraction of sp³-hybridized carbons (Fsp3) is 0.190. The Hall–Kier alpha value is -2.75. The number of thiophene rings is 1. The number of carbonyl (C=O) groups excluding carboxylic acids is 1. The van der Waals surface area contributed by atoms with Gasteiger partial charge in [0.2, 0.25) is 10.0 Å². The van der Waals surface area contributed by atoms with E-state index in [1.165, 1.54) is 34.6 Å². The second kappa shape index (κ2) is 8.55. The summed E-state index contributed by atoms with van der Waals surface area (Å²) >= 11 is 1.07. The van der Waals surface area contributed by atoms with Crippen LogP contribution in [-0.4, -0.2) is 44.8 Å². The van der Waals surface area contributed by atoms with Crippen molar-refractivity contribution < 1.29 is 17.6 Å². The molecule has 1 amide bonds. The number of para-hydroxylation sites is 1. The van der Waals surface area contributed by atoms with E-state index in [0.717, 1.165) is 17.0 Å². The fourth-order valence-electron chi connectivity index (χ4n) is 3.35. The van der Waals surface area contributed by atoms with Crippen LogP contribution in [0.5, 0.6) is 0 Å². The lowest BCUT2D eigenvalue weighted by atomic mass is 10.2. The van der Waals surface area contributed by atoms with Gasteiger partial charge in [-0.3, -0.25) is 4.79 Å². The van der Waals surface area contributed by atoms with Gasteiger partial charge in [-0.05, 0) is 47.8 Å². The number of amides is 1. The minimum Gasteiger partial charge on any atom is -0.369 e. The molecule has 3 aromatic rings. The predicted molar refractivity (Wildman–Crippen MR) is 116 cm³/mol. The van der Waals surface area contributed by atoms with Crippen molar-refractivity contribution in [3.8, 4) is 0 Å². The lowest BCUT2D eigenvalue weighted by Crippen LogP contribution is -2.48. The quantitative estimate of drug-likeness (QED) is 0.651. The van der Waals surface area contributed by atoms with Crippen LogP contribution in [-0.2, 0) is 10.0 Å². The van der Waals surface area contributed by atoms with Crippen molar-refractivity contribution >= 4 is 38.6 Å². The maximum absolute atomic E-state index is 13.2. The number of halogens is 1. The number of benzene rings is 2. The molecular weight excluding hydrogens is 425 g/mol. The number of piperazine rings is 1. The van der Waals surface area contributed by atoms with Gasteiger partial charge in [0.15, 0.2) is 0 Å². The number of sulfonamides is 1. The Labute approximate surface area is 178 Å². The molecular formula is C21H20FN3O3S2. The van der Waals surface area contributed by atoms with Gasteiger partial charge in [-0.25, -0.2) is 12.8 Å². The van der Waals surface area contributed by atoms with Gasteiger partial charge >= 0.3 is 0 Å². The molecule has 0 atom stereocenters. The Bertz CT molecular complexity index is 1120. The first-order chi connectivity index (χ1) is 14.4. The van der Waals surface area contributed by atoms with Gasteiger partial charge in [-0.1, -0.05) is 18.2 Å². The van der Waals surface area contributed by atoms with Crippen molar-refractivity contribution in [2.24, 2.45) is 0 Å². The summed E-state index contributed by atoms with van der Waals surface area (Å²) < 4.78 is 40.9. The van der Waals surface area contributed by atoms with Gasteiger partial charge in [0, 0.05) is 37.6 Å². The third-order valence-electron chi connectivity index (χ3n) is 4.92. The van der Waals surface area contributed by atoms with E-state index in [9.17, 15) is 17.6 Å². The molecule has 1 fully saturated rings. The first-order valence-electron chi connectivity index (χ1n) is 9.40. The van der Waals surface area contributed by atoms with E-state index in [1.807, 2.05) is 30.3 Å². The van der Waals surface area contributed by atoms with Crippen molar-refractivity contribution in [2.45, 2.75) is 4.90 Å². The van der Waals surface area contributed by atoms with Crippen LogP contribution in [0.25, 0.3) is 0 Å². The summed E-state index contributed by atoms with van der Waals surface area (Å²) in [6, 6.07) is 16.6. The highest BCUT2D eigenvalue weighted by Crippen LogP contribution is 2.28. The molecule has 0 aliphatic carbocycles. The van der Waals surface area contributed by atoms with Crippen molar-refractivity contribution in [3.05, 3.63) is 76.7 Å². The smallest absolute Gasteiger partial charge is 0.267 e. The largest absolute Gasteiger partial charge is 0.369 e. The molecule has 1 saturated heterocycles. The average molecular weight is 446 g/mol. The maximum atomic E-state index is 13.2. The molecule has 1 aliphatic rings. The van der Waals surface area contributed by atoms with Crippen LogP contribution < -0.4 is 10.2 Å². The Morgan fingerprint density at radius 2 is 1.60 bits per heavy atom. The topological polar surface area (TPSA) is 69.7 Å². The maximum Gasteiger partial charge on any atom is 0.267 e. The number of nitrogens with zero attached hydrogens (tertiary/aromatic N) is 2.